The maximum Gasteiger partial charge on any atom is 0.224 e. The van der Waals surface area contributed by atoms with Crippen LogP contribution in [0, 0.1) is 13.8 Å². The largest absolute Gasteiger partial charge is 0.357 e. The number of hydrogen-bond acceptors (Lipinski definition) is 4. The van der Waals surface area contributed by atoms with E-state index in [1.165, 1.54) is 11.1 Å². The average molecular weight is 228 g/mol. The fourth-order valence-electron chi connectivity index (χ4n) is 1.56. The molecule has 1 heterocycles. The molecule has 0 fully saturated rings. The monoisotopic (exact) mass is 228 g/mol. The molecule has 0 amide bonds. The summed E-state index contributed by atoms with van der Waals surface area (Å²) in [6.07, 6.45) is 1.73. The first-order valence-electron chi connectivity index (χ1n) is 5.54. The molecule has 0 saturated heterocycles. The summed E-state index contributed by atoms with van der Waals surface area (Å²) in [6.45, 7) is 4.14. The molecule has 17 heavy (non-hydrogen) atoms. The Morgan fingerprint density at radius 2 is 1.94 bits per heavy atom. The molecular weight excluding hydrogens is 212 g/mol. The van der Waals surface area contributed by atoms with E-state index in [1.54, 1.807) is 13.2 Å². The van der Waals surface area contributed by atoms with Crippen LogP contribution >= 0.6 is 0 Å². The summed E-state index contributed by atoms with van der Waals surface area (Å²) in [5, 5.41) is 6.21. The molecular formula is C13H16N4. The lowest BCUT2D eigenvalue weighted by Gasteiger charge is -2.10. The third kappa shape index (κ3) is 2.72. The predicted octanol–water partition coefficient (Wildman–Crippen LogP) is 2.88. The van der Waals surface area contributed by atoms with E-state index >= 15 is 0 Å². The third-order valence-corrected chi connectivity index (χ3v) is 2.53. The van der Waals surface area contributed by atoms with Gasteiger partial charge in [0.2, 0.25) is 5.95 Å². The lowest BCUT2D eigenvalue weighted by Crippen LogP contribution is -2.00. The van der Waals surface area contributed by atoms with Gasteiger partial charge in [0.15, 0.2) is 0 Å². The minimum Gasteiger partial charge on any atom is -0.357 e. The quantitative estimate of drug-likeness (QED) is 0.848. The molecule has 2 N–H and O–H groups in total. The highest BCUT2D eigenvalue weighted by Gasteiger charge is 2.01. The molecule has 0 bridgehead atoms. The normalized spacial score (nSPS) is 10.1. The second kappa shape index (κ2) is 4.82. The van der Waals surface area contributed by atoms with Gasteiger partial charge in [0.05, 0.1) is 0 Å². The van der Waals surface area contributed by atoms with Crippen molar-refractivity contribution >= 4 is 17.5 Å². The average Bonchev–Trinajstić information content (AvgIpc) is 2.34. The topological polar surface area (TPSA) is 49.8 Å². The van der Waals surface area contributed by atoms with Gasteiger partial charge in [-0.05, 0) is 37.1 Å². The van der Waals surface area contributed by atoms with Crippen molar-refractivity contribution in [3.63, 3.8) is 0 Å². The first-order valence-corrected chi connectivity index (χ1v) is 5.54. The summed E-state index contributed by atoms with van der Waals surface area (Å²) >= 11 is 0. The Morgan fingerprint density at radius 1 is 1.12 bits per heavy atom. The van der Waals surface area contributed by atoms with Crippen molar-refractivity contribution in [3.05, 3.63) is 41.6 Å². The predicted molar refractivity (Wildman–Crippen MR) is 70.8 cm³/mol. The molecule has 0 spiro atoms. The number of nitrogens with zero attached hydrogens (tertiary/aromatic N) is 2. The van der Waals surface area contributed by atoms with Gasteiger partial charge in [-0.2, -0.15) is 4.98 Å². The van der Waals surface area contributed by atoms with Gasteiger partial charge in [0.1, 0.15) is 5.82 Å². The van der Waals surface area contributed by atoms with Crippen molar-refractivity contribution < 1.29 is 0 Å². The Hall–Kier alpha value is -2.10. The van der Waals surface area contributed by atoms with Crippen LogP contribution < -0.4 is 10.6 Å². The molecule has 4 heteroatoms. The van der Waals surface area contributed by atoms with Gasteiger partial charge in [-0.3, -0.25) is 0 Å². The van der Waals surface area contributed by atoms with Crippen LogP contribution in [0.25, 0.3) is 0 Å². The fourth-order valence-corrected chi connectivity index (χ4v) is 1.56. The standard InChI is InChI=1S/C13H16N4/c1-9-4-5-10(2)11(8-9)16-12-6-7-15-13(14-3)17-12/h4-8H,1-3H3,(H2,14,15,16,17). The zero-order chi connectivity index (χ0) is 12.3. The molecule has 88 valence electrons. The van der Waals surface area contributed by atoms with Crippen LogP contribution in [-0.4, -0.2) is 17.0 Å². The van der Waals surface area contributed by atoms with Gasteiger partial charge in [0.25, 0.3) is 0 Å². The Labute approximate surface area is 101 Å². The molecule has 0 atom stereocenters. The molecule has 0 aliphatic carbocycles. The van der Waals surface area contributed by atoms with Gasteiger partial charge in [-0.1, -0.05) is 12.1 Å². The molecule has 0 unspecified atom stereocenters. The number of hydrogen-bond donors (Lipinski definition) is 2. The fraction of sp³-hybridized carbons (Fsp3) is 0.231. The van der Waals surface area contributed by atoms with Crippen molar-refractivity contribution in [3.8, 4) is 0 Å². The first kappa shape index (κ1) is 11.4. The molecule has 0 aliphatic rings. The summed E-state index contributed by atoms with van der Waals surface area (Å²) in [5.41, 5.74) is 3.49. The highest BCUT2D eigenvalue weighted by atomic mass is 15.1. The number of rotatable bonds is 3. The highest BCUT2D eigenvalue weighted by molar-refractivity contribution is 5.61. The smallest absolute Gasteiger partial charge is 0.224 e. The van der Waals surface area contributed by atoms with E-state index in [0.717, 1.165) is 11.5 Å². The molecule has 0 saturated carbocycles. The number of aryl methyl sites for hydroxylation is 2. The molecule has 2 rings (SSSR count). The minimum absolute atomic E-state index is 0.611. The van der Waals surface area contributed by atoms with Crippen molar-refractivity contribution in [2.75, 3.05) is 17.7 Å². The van der Waals surface area contributed by atoms with E-state index in [2.05, 4.69) is 52.6 Å². The van der Waals surface area contributed by atoms with E-state index in [9.17, 15) is 0 Å². The summed E-state index contributed by atoms with van der Waals surface area (Å²) in [7, 11) is 1.80. The molecule has 0 aliphatic heterocycles. The van der Waals surface area contributed by atoms with Gasteiger partial charge in [-0.25, -0.2) is 4.98 Å². The lowest BCUT2D eigenvalue weighted by molar-refractivity contribution is 1.15. The SMILES string of the molecule is CNc1nccc(Nc2cc(C)ccc2C)n1. The van der Waals surface area contributed by atoms with Crippen molar-refractivity contribution in [2.45, 2.75) is 13.8 Å². The number of aromatic nitrogens is 2. The second-order valence-electron chi connectivity index (χ2n) is 3.96. The minimum atomic E-state index is 0.611. The first-order chi connectivity index (χ1) is 8.19. The van der Waals surface area contributed by atoms with Gasteiger partial charge >= 0.3 is 0 Å². The van der Waals surface area contributed by atoms with Crippen LogP contribution in [0.1, 0.15) is 11.1 Å². The Bertz CT molecular complexity index is 523. The van der Waals surface area contributed by atoms with Crippen LogP contribution in [-0.2, 0) is 0 Å². The van der Waals surface area contributed by atoms with E-state index in [1.807, 2.05) is 6.07 Å². The Morgan fingerprint density at radius 3 is 2.71 bits per heavy atom. The van der Waals surface area contributed by atoms with Crippen LogP contribution in [0.5, 0.6) is 0 Å². The summed E-state index contributed by atoms with van der Waals surface area (Å²) in [5.74, 6) is 1.40. The van der Waals surface area contributed by atoms with E-state index in [0.29, 0.717) is 5.95 Å². The zero-order valence-corrected chi connectivity index (χ0v) is 10.3. The van der Waals surface area contributed by atoms with Gasteiger partial charge in [-0.15, -0.1) is 0 Å². The lowest BCUT2D eigenvalue weighted by atomic mass is 10.1. The molecule has 2 aromatic rings. The van der Waals surface area contributed by atoms with Crippen LogP contribution in [0.4, 0.5) is 17.5 Å². The number of anilines is 3. The van der Waals surface area contributed by atoms with Gasteiger partial charge < -0.3 is 10.6 Å². The van der Waals surface area contributed by atoms with Crippen LogP contribution in [0.2, 0.25) is 0 Å². The Kier molecular flexibility index (Phi) is 3.23. The maximum absolute atomic E-state index is 4.32. The zero-order valence-electron chi connectivity index (χ0n) is 10.3. The molecule has 4 nitrogen and oxygen atoms in total. The van der Waals surface area contributed by atoms with E-state index < -0.39 is 0 Å². The highest BCUT2D eigenvalue weighted by Crippen LogP contribution is 2.20. The van der Waals surface area contributed by atoms with Crippen LogP contribution in [0.15, 0.2) is 30.5 Å². The van der Waals surface area contributed by atoms with Gasteiger partial charge in [0, 0.05) is 18.9 Å². The van der Waals surface area contributed by atoms with Crippen LogP contribution in [0.3, 0.4) is 0 Å². The van der Waals surface area contributed by atoms with E-state index in [4.69, 9.17) is 0 Å². The number of nitrogens with one attached hydrogen (secondary N) is 2. The summed E-state index contributed by atoms with van der Waals surface area (Å²) in [4.78, 5) is 8.40. The second-order valence-corrected chi connectivity index (χ2v) is 3.96. The molecule has 1 aromatic heterocycles. The molecule has 1 aromatic carbocycles. The number of benzene rings is 1. The third-order valence-electron chi connectivity index (χ3n) is 2.53. The van der Waals surface area contributed by atoms with Crippen molar-refractivity contribution in [2.24, 2.45) is 0 Å². The van der Waals surface area contributed by atoms with Crippen molar-refractivity contribution in [1.29, 1.82) is 0 Å². The maximum atomic E-state index is 4.32. The van der Waals surface area contributed by atoms with E-state index in [-0.39, 0.29) is 0 Å². The molecule has 0 radical (unpaired) electrons. The summed E-state index contributed by atoms with van der Waals surface area (Å²) in [6, 6.07) is 8.15. The Balaban J connectivity index is 2.27. The summed E-state index contributed by atoms with van der Waals surface area (Å²) < 4.78 is 0. The van der Waals surface area contributed by atoms with Crippen molar-refractivity contribution in [1.82, 2.24) is 9.97 Å².